The van der Waals surface area contributed by atoms with E-state index in [2.05, 4.69) is 11.4 Å². The second-order valence-electron chi connectivity index (χ2n) is 6.81. The van der Waals surface area contributed by atoms with Gasteiger partial charge in [-0.15, -0.1) is 11.3 Å². The number of rotatable bonds is 6. The second-order valence-corrected chi connectivity index (χ2v) is 7.89. The average molecular weight is 407 g/mol. The highest BCUT2D eigenvalue weighted by atomic mass is 32.1. The maximum Gasteiger partial charge on any atom is 0.407 e. The van der Waals surface area contributed by atoms with Gasteiger partial charge in [0.15, 0.2) is 0 Å². The van der Waals surface area contributed by atoms with Crippen molar-refractivity contribution in [3.05, 3.63) is 83.9 Å². The van der Waals surface area contributed by atoms with E-state index in [1.54, 1.807) is 17.4 Å². The molecule has 0 radical (unpaired) electrons. The zero-order chi connectivity index (χ0) is 20.2. The Morgan fingerprint density at radius 2 is 1.66 bits per heavy atom. The Morgan fingerprint density at radius 1 is 0.931 bits per heavy atom. The predicted octanol–water partition coefficient (Wildman–Crippen LogP) is 4.38. The molecule has 3 aromatic carbocycles. The third-order valence-corrected chi connectivity index (χ3v) is 5.93. The molecule has 2 unspecified atom stereocenters. The number of ether oxygens (including phenoxy) is 1. The quantitative estimate of drug-likeness (QED) is 0.443. The number of aliphatic hydroxyl groups is 2. The van der Waals surface area contributed by atoms with Crippen molar-refractivity contribution in [1.29, 1.82) is 0 Å². The van der Waals surface area contributed by atoms with Gasteiger partial charge in [-0.1, -0.05) is 54.6 Å². The minimum absolute atomic E-state index is 0.114. The fourth-order valence-corrected chi connectivity index (χ4v) is 4.31. The molecule has 0 aliphatic rings. The third-order valence-electron chi connectivity index (χ3n) is 4.78. The Balaban J connectivity index is 1.37. The maximum atomic E-state index is 11.8. The molecule has 0 spiro atoms. The normalized spacial score (nSPS) is 13.3. The number of aliphatic hydroxyl groups excluding tert-OH is 2. The first-order valence-electron chi connectivity index (χ1n) is 9.34. The van der Waals surface area contributed by atoms with Crippen LogP contribution in [0.1, 0.15) is 17.2 Å². The molecule has 0 aliphatic heterocycles. The van der Waals surface area contributed by atoms with Gasteiger partial charge in [0.1, 0.15) is 18.8 Å². The third kappa shape index (κ3) is 4.40. The van der Waals surface area contributed by atoms with E-state index in [1.807, 2.05) is 60.7 Å². The molecule has 6 heteroatoms. The summed E-state index contributed by atoms with van der Waals surface area (Å²) >= 11 is 1.69. The van der Waals surface area contributed by atoms with Gasteiger partial charge in [-0.25, -0.2) is 4.79 Å². The Morgan fingerprint density at radius 3 is 2.48 bits per heavy atom. The molecule has 0 saturated carbocycles. The number of carbonyl (C=O) groups is 1. The summed E-state index contributed by atoms with van der Waals surface area (Å²) in [6.07, 6.45) is -2.91. The van der Waals surface area contributed by atoms with Gasteiger partial charge in [0.25, 0.3) is 0 Å². The number of amides is 1. The van der Waals surface area contributed by atoms with Crippen LogP contribution in [0, 0.1) is 0 Å². The second kappa shape index (κ2) is 8.61. The molecule has 0 bridgehead atoms. The van der Waals surface area contributed by atoms with Crippen molar-refractivity contribution in [3.8, 4) is 0 Å². The van der Waals surface area contributed by atoms with Crippen molar-refractivity contribution in [2.24, 2.45) is 0 Å². The van der Waals surface area contributed by atoms with Gasteiger partial charge >= 0.3 is 6.09 Å². The molecular weight excluding hydrogens is 386 g/mol. The maximum absolute atomic E-state index is 11.8. The van der Waals surface area contributed by atoms with Crippen molar-refractivity contribution < 1.29 is 19.7 Å². The molecule has 4 rings (SSSR count). The summed E-state index contributed by atoms with van der Waals surface area (Å²) in [7, 11) is 0. The number of thiophene rings is 1. The van der Waals surface area contributed by atoms with E-state index in [9.17, 15) is 15.0 Å². The van der Waals surface area contributed by atoms with Gasteiger partial charge in [-0.2, -0.15) is 0 Å². The van der Waals surface area contributed by atoms with E-state index in [-0.39, 0.29) is 13.2 Å². The topological polar surface area (TPSA) is 78.8 Å². The van der Waals surface area contributed by atoms with Crippen LogP contribution in [-0.2, 0) is 11.3 Å². The first kappa shape index (κ1) is 19.4. The highest BCUT2D eigenvalue weighted by Gasteiger charge is 2.20. The molecule has 4 aromatic rings. The van der Waals surface area contributed by atoms with Crippen LogP contribution >= 0.6 is 11.3 Å². The number of alkyl carbamates (subject to hydrolysis) is 1. The van der Waals surface area contributed by atoms with Crippen LogP contribution in [0.25, 0.3) is 20.2 Å². The molecule has 0 aliphatic carbocycles. The lowest BCUT2D eigenvalue weighted by Crippen LogP contribution is -2.35. The highest BCUT2D eigenvalue weighted by Crippen LogP contribution is 2.35. The minimum atomic E-state index is -1.15. The van der Waals surface area contributed by atoms with Crippen LogP contribution in [0.3, 0.4) is 0 Å². The average Bonchev–Trinajstić information content (AvgIpc) is 3.14. The molecule has 0 saturated heterocycles. The van der Waals surface area contributed by atoms with Crippen molar-refractivity contribution in [1.82, 2.24) is 5.32 Å². The zero-order valence-electron chi connectivity index (χ0n) is 15.6. The summed E-state index contributed by atoms with van der Waals surface area (Å²) < 4.78 is 7.42. The van der Waals surface area contributed by atoms with E-state index in [0.29, 0.717) is 5.56 Å². The summed E-state index contributed by atoms with van der Waals surface area (Å²) in [6.45, 7) is 0.0322. The summed E-state index contributed by atoms with van der Waals surface area (Å²) in [6, 6.07) is 23.1. The smallest absolute Gasteiger partial charge is 0.407 e. The van der Waals surface area contributed by atoms with Crippen LogP contribution in [-0.4, -0.2) is 29.0 Å². The standard InChI is InChI=1S/C23H21NO4S/c25-19(13-24-23(27)28-14-15-6-2-1-3-7-15)22(26)16-10-11-21-18(12-16)17-8-4-5-9-20(17)29-21/h1-12,19,22,25-26H,13-14H2,(H,24,27). The molecule has 1 heterocycles. The minimum Gasteiger partial charge on any atom is -0.445 e. The number of nitrogens with one attached hydrogen (secondary N) is 1. The van der Waals surface area contributed by atoms with Crippen LogP contribution in [0.2, 0.25) is 0 Å². The lowest BCUT2D eigenvalue weighted by atomic mass is 10.0. The summed E-state index contributed by atoms with van der Waals surface area (Å²) in [5.74, 6) is 0. The molecule has 29 heavy (non-hydrogen) atoms. The molecule has 5 nitrogen and oxygen atoms in total. The monoisotopic (exact) mass is 407 g/mol. The van der Waals surface area contributed by atoms with Gasteiger partial charge < -0.3 is 20.3 Å². The fraction of sp³-hybridized carbons (Fsp3) is 0.174. The zero-order valence-corrected chi connectivity index (χ0v) is 16.4. The summed E-state index contributed by atoms with van der Waals surface area (Å²) in [5.41, 5.74) is 1.48. The summed E-state index contributed by atoms with van der Waals surface area (Å²) in [5, 5.41) is 25.5. The van der Waals surface area contributed by atoms with Crippen LogP contribution in [0.15, 0.2) is 72.8 Å². The number of fused-ring (bicyclic) bond motifs is 3. The molecular formula is C23H21NO4S. The predicted molar refractivity (Wildman–Crippen MR) is 115 cm³/mol. The Labute approximate surface area is 172 Å². The van der Waals surface area contributed by atoms with Crippen molar-refractivity contribution in [3.63, 3.8) is 0 Å². The molecule has 0 fully saturated rings. The van der Waals surface area contributed by atoms with Crippen LogP contribution in [0.4, 0.5) is 4.79 Å². The van der Waals surface area contributed by atoms with Gasteiger partial charge in [0.05, 0.1) is 0 Å². The van der Waals surface area contributed by atoms with Gasteiger partial charge in [-0.3, -0.25) is 0 Å². The fourth-order valence-electron chi connectivity index (χ4n) is 3.22. The van der Waals surface area contributed by atoms with Gasteiger partial charge in [-0.05, 0) is 29.3 Å². The molecule has 148 valence electrons. The lowest BCUT2D eigenvalue weighted by Gasteiger charge is -2.19. The number of carbonyl (C=O) groups excluding carboxylic acids is 1. The highest BCUT2D eigenvalue weighted by molar-refractivity contribution is 7.25. The SMILES string of the molecule is O=C(NCC(O)C(O)c1ccc2sc3ccccc3c2c1)OCc1ccccc1. The molecule has 3 N–H and O–H groups in total. The van der Waals surface area contributed by atoms with Crippen molar-refractivity contribution in [2.75, 3.05) is 6.54 Å². The number of hydrogen-bond acceptors (Lipinski definition) is 5. The van der Waals surface area contributed by atoms with Crippen LogP contribution in [0.5, 0.6) is 0 Å². The first-order valence-corrected chi connectivity index (χ1v) is 10.2. The van der Waals surface area contributed by atoms with Crippen molar-refractivity contribution in [2.45, 2.75) is 18.8 Å². The summed E-state index contributed by atoms with van der Waals surface area (Å²) in [4.78, 5) is 11.8. The van der Waals surface area contributed by atoms with E-state index in [4.69, 9.17) is 4.74 Å². The number of hydrogen-bond donors (Lipinski definition) is 3. The van der Waals surface area contributed by atoms with Gasteiger partial charge in [0, 0.05) is 26.7 Å². The van der Waals surface area contributed by atoms with E-state index < -0.39 is 18.3 Å². The van der Waals surface area contributed by atoms with E-state index >= 15 is 0 Å². The van der Waals surface area contributed by atoms with Crippen LogP contribution < -0.4 is 5.32 Å². The largest absolute Gasteiger partial charge is 0.445 e. The van der Waals surface area contributed by atoms with Crippen molar-refractivity contribution >= 4 is 37.6 Å². The molecule has 2 atom stereocenters. The number of benzene rings is 3. The Hall–Kier alpha value is -2.93. The van der Waals surface area contributed by atoms with E-state index in [1.165, 1.54) is 4.70 Å². The molecule has 1 aromatic heterocycles. The van der Waals surface area contributed by atoms with Gasteiger partial charge in [0.2, 0.25) is 0 Å². The Kier molecular flexibility index (Phi) is 5.76. The first-order chi connectivity index (χ1) is 14.1. The van der Waals surface area contributed by atoms with E-state index in [0.717, 1.165) is 21.0 Å². The lowest BCUT2D eigenvalue weighted by molar-refractivity contribution is 0.0185. The molecule has 1 amide bonds. The Bertz CT molecular complexity index is 1130.